The number of ether oxygens (including phenoxy) is 3. The van der Waals surface area contributed by atoms with Crippen LogP contribution in [0, 0.1) is 11.8 Å². The summed E-state index contributed by atoms with van der Waals surface area (Å²) in [5.41, 5.74) is 0.465. The third-order valence-electron chi connectivity index (χ3n) is 5.11. The van der Waals surface area contributed by atoms with Gasteiger partial charge in [-0.25, -0.2) is 4.98 Å². The van der Waals surface area contributed by atoms with Gasteiger partial charge in [0.15, 0.2) is 23.2 Å². The lowest BCUT2D eigenvalue weighted by Crippen LogP contribution is -2.33. The summed E-state index contributed by atoms with van der Waals surface area (Å²) >= 11 is 0. The number of anilines is 1. The number of aromatic amines is 1. The highest BCUT2D eigenvalue weighted by Crippen LogP contribution is 2.45. The van der Waals surface area contributed by atoms with Crippen molar-refractivity contribution >= 4 is 17.1 Å². The van der Waals surface area contributed by atoms with E-state index < -0.39 is 12.0 Å². The number of rotatable bonds is 5. The molecule has 2 saturated heterocycles. The summed E-state index contributed by atoms with van der Waals surface area (Å²) in [4.78, 5) is 24.1. The normalized spacial score (nSPS) is 29.1. The van der Waals surface area contributed by atoms with Gasteiger partial charge >= 0.3 is 0 Å². The quantitative estimate of drug-likeness (QED) is 0.806. The van der Waals surface area contributed by atoms with Gasteiger partial charge in [0.25, 0.3) is 5.56 Å². The largest absolute Gasteiger partial charge is 0.355 e. The molecule has 9 nitrogen and oxygen atoms in total. The number of hydrogen-bond acceptors (Lipinski definition) is 7. The Morgan fingerprint density at radius 2 is 1.96 bits per heavy atom. The van der Waals surface area contributed by atoms with E-state index in [2.05, 4.69) is 48.0 Å². The summed E-state index contributed by atoms with van der Waals surface area (Å²) in [6.45, 7) is 12.9. The average molecular weight is 391 g/mol. The summed E-state index contributed by atoms with van der Waals surface area (Å²) in [5.74, 6) is 0.412. The molecule has 28 heavy (non-hydrogen) atoms. The molecule has 2 aromatic heterocycles. The number of imidazole rings is 1. The van der Waals surface area contributed by atoms with E-state index in [1.807, 2.05) is 13.8 Å². The zero-order valence-electron chi connectivity index (χ0n) is 17.2. The first kappa shape index (κ1) is 19.4. The maximum Gasteiger partial charge on any atom is 0.280 e. The maximum atomic E-state index is 12.5. The van der Waals surface area contributed by atoms with Crippen LogP contribution in [-0.2, 0) is 14.2 Å². The van der Waals surface area contributed by atoms with Gasteiger partial charge in [-0.2, -0.15) is 4.98 Å². The second-order valence-electron chi connectivity index (χ2n) is 8.81. The molecule has 2 N–H and O–H groups in total. The molecule has 0 saturated carbocycles. The van der Waals surface area contributed by atoms with Crippen molar-refractivity contribution in [3.8, 4) is 0 Å². The lowest BCUT2D eigenvalue weighted by Gasteiger charge is -2.26. The van der Waals surface area contributed by atoms with Gasteiger partial charge in [-0.1, -0.05) is 27.7 Å². The predicted octanol–water partition coefficient (Wildman–Crippen LogP) is 2.26. The molecule has 4 atom stereocenters. The van der Waals surface area contributed by atoms with E-state index in [9.17, 15) is 4.79 Å². The fourth-order valence-electron chi connectivity index (χ4n) is 3.86. The summed E-state index contributed by atoms with van der Waals surface area (Å²) < 4.78 is 20.4. The molecule has 0 spiro atoms. The second-order valence-corrected chi connectivity index (χ2v) is 8.81. The second kappa shape index (κ2) is 6.82. The van der Waals surface area contributed by atoms with Crippen molar-refractivity contribution in [2.24, 2.45) is 11.8 Å². The van der Waals surface area contributed by atoms with Gasteiger partial charge in [-0.15, -0.1) is 0 Å². The fourth-order valence-corrected chi connectivity index (χ4v) is 3.86. The molecule has 4 rings (SSSR count). The number of nitrogens with one attached hydrogen (secondary N) is 2. The average Bonchev–Trinajstić information content (AvgIpc) is 3.23. The Labute approximate surface area is 163 Å². The van der Waals surface area contributed by atoms with Crippen molar-refractivity contribution in [1.82, 2.24) is 19.5 Å². The first-order chi connectivity index (χ1) is 13.2. The number of hydrogen-bond donors (Lipinski definition) is 2. The Morgan fingerprint density at radius 3 is 2.64 bits per heavy atom. The van der Waals surface area contributed by atoms with Gasteiger partial charge in [0.1, 0.15) is 12.2 Å². The zero-order chi connectivity index (χ0) is 20.2. The first-order valence-corrected chi connectivity index (χ1v) is 9.88. The fraction of sp³-hybridized carbons (Fsp3) is 0.737. The minimum absolute atomic E-state index is 0.116. The van der Waals surface area contributed by atoms with E-state index in [-0.39, 0.29) is 35.3 Å². The van der Waals surface area contributed by atoms with Crippen LogP contribution in [0.3, 0.4) is 0 Å². The highest BCUT2D eigenvalue weighted by Gasteiger charge is 2.56. The summed E-state index contributed by atoms with van der Waals surface area (Å²) in [5, 5.41) is 3.17. The SMILES string of the molecule is CC(C)CNc1nc2c(ncn2[C@@H]2O[C@H](C(C)C)[C@@H]3OC(C)(C)OC32)c(=O)[nH]1. The molecule has 1 unspecified atom stereocenters. The van der Waals surface area contributed by atoms with E-state index in [4.69, 9.17) is 14.2 Å². The molecule has 2 fully saturated rings. The molecule has 0 aliphatic carbocycles. The highest BCUT2D eigenvalue weighted by molar-refractivity contribution is 5.71. The van der Waals surface area contributed by atoms with Crippen LogP contribution in [-0.4, -0.2) is 50.2 Å². The molecule has 0 bridgehead atoms. The Kier molecular flexibility index (Phi) is 4.71. The van der Waals surface area contributed by atoms with Crippen LogP contribution in [0.5, 0.6) is 0 Å². The van der Waals surface area contributed by atoms with E-state index in [1.54, 1.807) is 10.9 Å². The van der Waals surface area contributed by atoms with Crippen LogP contribution in [0.4, 0.5) is 5.95 Å². The molecular formula is C19H29N5O4. The van der Waals surface area contributed by atoms with Gasteiger partial charge in [0.2, 0.25) is 5.95 Å². The van der Waals surface area contributed by atoms with Crippen LogP contribution >= 0.6 is 0 Å². The van der Waals surface area contributed by atoms with Gasteiger partial charge in [0.05, 0.1) is 12.4 Å². The minimum Gasteiger partial charge on any atom is -0.355 e. The van der Waals surface area contributed by atoms with Crippen LogP contribution in [0.2, 0.25) is 0 Å². The first-order valence-electron chi connectivity index (χ1n) is 9.88. The molecule has 9 heteroatoms. The van der Waals surface area contributed by atoms with E-state index in [0.717, 1.165) is 0 Å². The molecule has 2 aliphatic rings. The van der Waals surface area contributed by atoms with Crippen molar-refractivity contribution in [2.75, 3.05) is 11.9 Å². The van der Waals surface area contributed by atoms with Crippen molar-refractivity contribution in [1.29, 1.82) is 0 Å². The molecule has 0 amide bonds. The topological polar surface area (TPSA) is 103 Å². The van der Waals surface area contributed by atoms with Crippen LogP contribution < -0.4 is 10.9 Å². The standard InChI is InChI=1S/C19H29N5O4/c1-9(2)7-20-18-22-15-11(16(25)23-18)21-8-24(15)17-14-13(12(26-17)10(3)4)27-19(5,6)28-14/h8-10,12-14,17H,7H2,1-6H3,(H2,20,22,23,25)/t12-,13+,14?,17-/m1/s1. The van der Waals surface area contributed by atoms with Crippen molar-refractivity contribution < 1.29 is 14.2 Å². The van der Waals surface area contributed by atoms with Crippen LogP contribution in [0.15, 0.2) is 11.1 Å². The number of H-pyrrole nitrogens is 1. The lowest BCUT2D eigenvalue weighted by atomic mass is 10.0. The molecule has 2 aliphatic heterocycles. The Bertz CT molecular complexity index is 919. The summed E-state index contributed by atoms with van der Waals surface area (Å²) in [6.07, 6.45) is 0.537. The molecule has 2 aromatic rings. The van der Waals surface area contributed by atoms with Gasteiger partial charge in [0, 0.05) is 6.54 Å². The monoisotopic (exact) mass is 391 g/mol. The number of fused-ring (bicyclic) bond motifs is 2. The molecule has 0 radical (unpaired) electrons. The Balaban J connectivity index is 1.73. The van der Waals surface area contributed by atoms with Crippen molar-refractivity contribution in [3.05, 3.63) is 16.7 Å². The molecule has 154 valence electrons. The third-order valence-corrected chi connectivity index (χ3v) is 5.11. The van der Waals surface area contributed by atoms with Gasteiger partial charge in [-0.05, 0) is 25.7 Å². The Hall–Kier alpha value is -1.97. The van der Waals surface area contributed by atoms with E-state index >= 15 is 0 Å². The van der Waals surface area contributed by atoms with Crippen molar-refractivity contribution in [2.45, 2.75) is 71.9 Å². The van der Waals surface area contributed by atoms with Gasteiger partial charge < -0.3 is 19.5 Å². The number of aromatic nitrogens is 4. The minimum atomic E-state index is -0.685. The maximum absolute atomic E-state index is 12.5. The molecule has 4 heterocycles. The third kappa shape index (κ3) is 3.31. The predicted molar refractivity (Wildman–Crippen MR) is 104 cm³/mol. The lowest BCUT2D eigenvalue weighted by molar-refractivity contribution is -0.200. The van der Waals surface area contributed by atoms with E-state index in [1.165, 1.54) is 0 Å². The smallest absolute Gasteiger partial charge is 0.280 e. The van der Waals surface area contributed by atoms with Gasteiger partial charge in [-0.3, -0.25) is 14.3 Å². The summed E-state index contributed by atoms with van der Waals surface area (Å²) in [6, 6.07) is 0. The van der Waals surface area contributed by atoms with E-state index in [0.29, 0.717) is 24.1 Å². The zero-order valence-corrected chi connectivity index (χ0v) is 17.2. The Morgan fingerprint density at radius 1 is 1.25 bits per heavy atom. The molecular weight excluding hydrogens is 362 g/mol. The highest BCUT2D eigenvalue weighted by atomic mass is 16.8. The van der Waals surface area contributed by atoms with Crippen LogP contribution in [0.25, 0.3) is 11.2 Å². The summed E-state index contributed by atoms with van der Waals surface area (Å²) in [7, 11) is 0. The van der Waals surface area contributed by atoms with Crippen molar-refractivity contribution in [3.63, 3.8) is 0 Å². The van der Waals surface area contributed by atoms with Crippen LogP contribution in [0.1, 0.15) is 47.8 Å². The molecule has 0 aromatic carbocycles. The number of nitrogens with zero attached hydrogens (tertiary/aromatic N) is 3.